The van der Waals surface area contributed by atoms with E-state index in [9.17, 15) is 4.79 Å². The smallest absolute Gasteiger partial charge is 0.209 e. The third-order valence-electron chi connectivity index (χ3n) is 2.92. The average molecular weight is 234 g/mol. The number of carbonyl (C=O) groups is 1. The molecular formula is C13H18N2O2. The van der Waals surface area contributed by atoms with Crippen LogP contribution in [0.2, 0.25) is 0 Å². The molecule has 1 heterocycles. The molecule has 0 aliphatic carbocycles. The van der Waals surface area contributed by atoms with Crippen LogP contribution in [0.1, 0.15) is 23.7 Å². The summed E-state index contributed by atoms with van der Waals surface area (Å²) in [7, 11) is 2.03. The molecule has 1 atom stereocenters. The van der Waals surface area contributed by atoms with E-state index in [2.05, 4.69) is 10.2 Å². The van der Waals surface area contributed by atoms with Gasteiger partial charge in [-0.1, -0.05) is 0 Å². The van der Waals surface area contributed by atoms with Crippen molar-refractivity contribution in [2.24, 2.45) is 0 Å². The Morgan fingerprint density at radius 2 is 2.12 bits per heavy atom. The van der Waals surface area contributed by atoms with Crippen LogP contribution in [0.3, 0.4) is 0 Å². The van der Waals surface area contributed by atoms with Gasteiger partial charge in [0.15, 0.2) is 5.78 Å². The molecule has 0 aromatic heterocycles. The zero-order valence-electron chi connectivity index (χ0n) is 10.3. The first kappa shape index (κ1) is 12.1. The van der Waals surface area contributed by atoms with Gasteiger partial charge in [0, 0.05) is 18.7 Å². The molecule has 1 aliphatic heterocycles. The van der Waals surface area contributed by atoms with Crippen molar-refractivity contribution in [2.45, 2.75) is 19.7 Å². The number of ether oxygens (including phenoxy) is 1. The summed E-state index contributed by atoms with van der Waals surface area (Å²) in [6, 6.07) is 7.25. The molecule has 0 saturated carbocycles. The van der Waals surface area contributed by atoms with Crippen molar-refractivity contribution < 1.29 is 9.53 Å². The van der Waals surface area contributed by atoms with Gasteiger partial charge >= 0.3 is 0 Å². The highest BCUT2D eigenvalue weighted by molar-refractivity contribution is 5.94. The average Bonchev–Trinajstić information content (AvgIpc) is 2.33. The number of hydrogen-bond donors (Lipinski definition) is 1. The monoisotopic (exact) mass is 234 g/mol. The molecule has 1 fully saturated rings. The number of hydrogen-bond acceptors (Lipinski definition) is 4. The lowest BCUT2D eigenvalue weighted by atomic mass is 10.1. The van der Waals surface area contributed by atoms with Crippen molar-refractivity contribution >= 4 is 5.78 Å². The van der Waals surface area contributed by atoms with Crippen LogP contribution in [0.25, 0.3) is 0 Å². The van der Waals surface area contributed by atoms with Crippen LogP contribution in [-0.2, 0) is 0 Å². The lowest BCUT2D eigenvalue weighted by molar-refractivity contribution is -0.00323. The second kappa shape index (κ2) is 5.29. The van der Waals surface area contributed by atoms with Gasteiger partial charge in [0.2, 0.25) is 6.35 Å². The van der Waals surface area contributed by atoms with Crippen LogP contribution >= 0.6 is 0 Å². The van der Waals surface area contributed by atoms with Crippen LogP contribution < -0.4 is 10.1 Å². The Labute approximate surface area is 102 Å². The van der Waals surface area contributed by atoms with E-state index in [1.165, 1.54) is 0 Å². The Morgan fingerprint density at radius 1 is 1.41 bits per heavy atom. The molecule has 0 radical (unpaired) electrons. The second-order valence-electron chi connectivity index (χ2n) is 4.34. The van der Waals surface area contributed by atoms with Gasteiger partial charge in [-0.2, -0.15) is 0 Å². The van der Waals surface area contributed by atoms with E-state index in [1.807, 2.05) is 19.2 Å². The van der Waals surface area contributed by atoms with E-state index in [-0.39, 0.29) is 12.1 Å². The van der Waals surface area contributed by atoms with Crippen molar-refractivity contribution in [2.75, 3.05) is 20.1 Å². The molecule has 1 saturated heterocycles. The van der Waals surface area contributed by atoms with Crippen molar-refractivity contribution in [1.82, 2.24) is 10.2 Å². The molecule has 92 valence electrons. The van der Waals surface area contributed by atoms with E-state index in [1.54, 1.807) is 19.1 Å². The van der Waals surface area contributed by atoms with E-state index in [4.69, 9.17) is 4.74 Å². The van der Waals surface area contributed by atoms with Crippen molar-refractivity contribution in [3.05, 3.63) is 29.8 Å². The maximum absolute atomic E-state index is 11.1. The van der Waals surface area contributed by atoms with Crippen LogP contribution in [0.15, 0.2) is 24.3 Å². The minimum absolute atomic E-state index is 0.0736. The summed E-state index contributed by atoms with van der Waals surface area (Å²) < 4.78 is 5.81. The molecule has 4 heteroatoms. The number of benzene rings is 1. The summed E-state index contributed by atoms with van der Waals surface area (Å²) in [5, 5.41) is 3.29. The Morgan fingerprint density at radius 3 is 2.71 bits per heavy atom. The lowest BCUT2D eigenvalue weighted by Crippen LogP contribution is -2.52. The summed E-state index contributed by atoms with van der Waals surface area (Å²) in [5.41, 5.74) is 0.710. The number of Topliss-reactive ketones (excluding diaryl/α,β-unsaturated/α-hetero) is 1. The van der Waals surface area contributed by atoms with Gasteiger partial charge in [-0.15, -0.1) is 0 Å². The Bertz CT molecular complexity index is 389. The third-order valence-corrected chi connectivity index (χ3v) is 2.92. The van der Waals surface area contributed by atoms with E-state index in [0.29, 0.717) is 5.56 Å². The fraction of sp³-hybridized carbons (Fsp3) is 0.462. The van der Waals surface area contributed by atoms with Gasteiger partial charge in [-0.25, -0.2) is 0 Å². The molecule has 1 aromatic carbocycles. The SMILES string of the molecule is CC(=O)c1ccc(OC2NCCCN2C)cc1. The van der Waals surface area contributed by atoms with E-state index >= 15 is 0 Å². The van der Waals surface area contributed by atoms with Crippen molar-refractivity contribution in [3.63, 3.8) is 0 Å². The molecule has 2 rings (SSSR count). The standard InChI is InChI=1S/C13H18N2O2/c1-10(16)11-4-6-12(7-5-11)17-13-14-8-3-9-15(13)2/h4-7,13-14H,3,8-9H2,1-2H3. The maximum Gasteiger partial charge on any atom is 0.209 e. The normalized spacial score (nSPS) is 21.2. The topological polar surface area (TPSA) is 41.6 Å². The molecule has 0 bridgehead atoms. The number of ketones is 1. The Hall–Kier alpha value is -1.39. The highest BCUT2D eigenvalue weighted by atomic mass is 16.5. The predicted molar refractivity (Wildman–Crippen MR) is 66.1 cm³/mol. The summed E-state index contributed by atoms with van der Waals surface area (Å²) in [6.07, 6.45) is 1.06. The Kier molecular flexibility index (Phi) is 3.76. The van der Waals surface area contributed by atoms with Gasteiger partial charge in [0.25, 0.3) is 0 Å². The van der Waals surface area contributed by atoms with Crippen LogP contribution in [-0.4, -0.2) is 37.2 Å². The molecule has 4 nitrogen and oxygen atoms in total. The predicted octanol–water partition coefficient (Wildman–Crippen LogP) is 1.48. The zero-order chi connectivity index (χ0) is 12.3. The summed E-state index contributed by atoms with van der Waals surface area (Å²) >= 11 is 0. The van der Waals surface area contributed by atoms with Gasteiger partial charge in [0.05, 0.1) is 0 Å². The number of nitrogens with zero attached hydrogens (tertiary/aromatic N) is 1. The van der Waals surface area contributed by atoms with E-state index < -0.39 is 0 Å². The molecule has 1 aromatic rings. The summed E-state index contributed by atoms with van der Waals surface area (Å²) in [4.78, 5) is 13.3. The van der Waals surface area contributed by atoms with Gasteiger partial charge < -0.3 is 4.74 Å². The minimum Gasteiger partial charge on any atom is -0.462 e. The number of rotatable bonds is 3. The van der Waals surface area contributed by atoms with Gasteiger partial charge in [-0.05, 0) is 44.7 Å². The molecule has 17 heavy (non-hydrogen) atoms. The first-order chi connectivity index (χ1) is 8.16. The molecule has 1 unspecified atom stereocenters. The summed E-state index contributed by atoms with van der Waals surface area (Å²) in [6.45, 7) is 3.57. The van der Waals surface area contributed by atoms with Crippen molar-refractivity contribution in [1.29, 1.82) is 0 Å². The van der Waals surface area contributed by atoms with Gasteiger partial charge in [-0.3, -0.25) is 15.0 Å². The number of carbonyl (C=O) groups excluding carboxylic acids is 1. The first-order valence-electron chi connectivity index (χ1n) is 5.88. The number of nitrogens with one attached hydrogen (secondary N) is 1. The van der Waals surface area contributed by atoms with E-state index in [0.717, 1.165) is 25.3 Å². The maximum atomic E-state index is 11.1. The van der Waals surface area contributed by atoms with Crippen LogP contribution in [0.4, 0.5) is 0 Å². The van der Waals surface area contributed by atoms with Gasteiger partial charge in [0.1, 0.15) is 5.75 Å². The molecular weight excluding hydrogens is 216 g/mol. The quantitative estimate of drug-likeness (QED) is 0.804. The van der Waals surface area contributed by atoms with Crippen LogP contribution in [0.5, 0.6) is 5.75 Å². The highest BCUT2D eigenvalue weighted by Crippen LogP contribution is 2.15. The molecule has 1 aliphatic rings. The van der Waals surface area contributed by atoms with Crippen LogP contribution in [0, 0.1) is 0 Å². The first-order valence-corrected chi connectivity index (χ1v) is 5.88. The molecule has 0 amide bonds. The third kappa shape index (κ3) is 3.05. The van der Waals surface area contributed by atoms with Crippen molar-refractivity contribution in [3.8, 4) is 5.75 Å². The highest BCUT2D eigenvalue weighted by Gasteiger charge is 2.19. The second-order valence-corrected chi connectivity index (χ2v) is 4.34. The minimum atomic E-state index is -0.0769. The fourth-order valence-electron chi connectivity index (χ4n) is 1.86. The lowest BCUT2D eigenvalue weighted by Gasteiger charge is -2.33. The molecule has 1 N–H and O–H groups in total. The fourth-order valence-corrected chi connectivity index (χ4v) is 1.86. The molecule has 0 spiro atoms. The Balaban J connectivity index is 2.00. The zero-order valence-corrected chi connectivity index (χ0v) is 10.3. The largest absolute Gasteiger partial charge is 0.462 e. The summed E-state index contributed by atoms with van der Waals surface area (Å²) in [5.74, 6) is 0.853.